The van der Waals surface area contributed by atoms with Gasteiger partial charge in [0.1, 0.15) is 5.82 Å². The summed E-state index contributed by atoms with van der Waals surface area (Å²) in [6.07, 6.45) is 0.643. The summed E-state index contributed by atoms with van der Waals surface area (Å²) < 4.78 is 2.19. The number of fused-ring (bicyclic) bond motifs is 1. The van der Waals surface area contributed by atoms with Crippen molar-refractivity contribution in [1.29, 1.82) is 0 Å². The van der Waals surface area contributed by atoms with Gasteiger partial charge in [0.15, 0.2) is 11.0 Å². The summed E-state index contributed by atoms with van der Waals surface area (Å²) in [5, 5.41) is 0. The van der Waals surface area contributed by atoms with Crippen LogP contribution in [0.3, 0.4) is 0 Å². The Hall–Kier alpha value is -2.70. The van der Waals surface area contributed by atoms with Crippen molar-refractivity contribution in [3.8, 4) is 0 Å². The van der Waals surface area contributed by atoms with Crippen molar-refractivity contribution in [1.82, 2.24) is 19.9 Å². The molecule has 5 N–H and O–H groups in total. The lowest BCUT2D eigenvalue weighted by Gasteiger charge is -2.02. The molecule has 1 aromatic carbocycles. The molecule has 7 nitrogen and oxygen atoms in total. The van der Waals surface area contributed by atoms with Crippen LogP contribution in [-0.2, 0) is 13.0 Å². The molecular formula is C13H16N7+. The molecule has 102 valence electrons. The molecule has 0 unspecified atom stereocenters. The molecule has 2 heterocycles. The molecule has 0 amide bonds. The second kappa shape index (κ2) is 4.76. The highest BCUT2D eigenvalue weighted by Crippen LogP contribution is 2.09. The van der Waals surface area contributed by atoms with Crippen molar-refractivity contribution in [2.24, 2.45) is 0 Å². The molecule has 3 rings (SSSR count). The minimum atomic E-state index is 0.160. The quantitative estimate of drug-likeness (QED) is 0.595. The maximum Gasteiger partial charge on any atom is 0.251 e. The van der Waals surface area contributed by atoms with E-state index in [2.05, 4.69) is 36.6 Å². The smallest absolute Gasteiger partial charge is 0.251 e. The Labute approximate surface area is 115 Å². The number of aromatic nitrogens is 5. The number of benzene rings is 1. The molecule has 0 spiro atoms. The second-order valence-corrected chi connectivity index (χ2v) is 4.60. The van der Waals surface area contributed by atoms with Crippen LogP contribution in [0.1, 0.15) is 11.6 Å². The fourth-order valence-electron chi connectivity index (χ4n) is 2.33. The molecule has 20 heavy (non-hydrogen) atoms. The summed E-state index contributed by atoms with van der Waals surface area (Å²) in [6, 6.07) is 8.16. The van der Waals surface area contributed by atoms with E-state index in [0.717, 1.165) is 23.4 Å². The van der Waals surface area contributed by atoms with E-state index in [4.69, 9.17) is 11.5 Å². The number of rotatable bonds is 3. The molecular weight excluding hydrogens is 254 g/mol. The van der Waals surface area contributed by atoms with Crippen LogP contribution in [0.15, 0.2) is 24.3 Å². The first-order chi connectivity index (χ1) is 9.63. The largest absolute Gasteiger partial charge is 0.368 e. The van der Waals surface area contributed by atoms with Crippen LogP contribution in [0.4, 0.5) is 11.9 Å². The zero-order valence-corrected chi connectivity index (χ0v) is 11.2. The Morgan fingerprint density at radius 3 is 2.55 bits per heavy atom. The summed E-state index contributed by atoms with van der Waals surface area (Å²) in [7, 11) is 0. The van der Waals surface area contributed by atoms with Gasteiger partial charge in [-0.2, -0.15) is 15.0 Å². The van der Waals surface area contributed by atoms with Crippen molar-refractivity contribution in [2.75, 3.05) is 11.5 Å². The number of nitrogen functional groups attached to an aromatic ring is 2. The molecule has 0 fully saturated rings. The number of aromatic amines is 1. The number of anilines is 2. The topological polar surface area (TPSA) is 110 Å². The number of nitrogens with zero attached hydrogens (tertiary/aromatic N) is 4. The van der Waals surface area contributed by atoms with Gasteiger partial charge >= 0.3 is 0 Å². The molecule has 0 aliphatic rings. The number of para-hydroxylation sites is 2. The lowest BCUT2D eigenvalue weighted by molar-refractivity contribution is -0.677. The van der Waals surface area contributed by atoms with Crippen LogP contribution in [0.5, 0.6) is 0 Å². The van der Waals surface area contributed by atoms with Crippen LogP contribution in [-0.4, -0.2) is 19.9 Å². The van der Waals surface area contributed by atoms with Crippen LogP contribution in [0.25, 0.3) is 11.0 Å². The third-order valence-electron chi connectivity index (χ3n) is 3.19. The normalized spacial score (nSPS) is 11.1. The predicted octanol–water partition coefficient (Wildman–Crippen LogP) is 0.356. The van der Waals surface area contributed by atoms with Gasteiger partial charge in [0.2, 0.25) is 11.9 Å². The predicted molar refractivity (Wildman–Crippen MR) is 75.6 cm³/mol. The van der Waals surface area contributed by atoms with Crippen molar-refractivity contribution < 1.29 is 4.57 Å². The van der Waals surface area contributed by atoms with Gasteiger partial charge in [-0.15, -0.1) is 0 Å². The molecule has 0 radical (unpaired) electrons. The number of aryl methyl sites for hydroxylation is 3. The summed E-state index contributed by atoms with van der Waals surface area (Å²) in [4.78, 5) is 15.3. The van der Waals surface area contributed by atoms with E-state index >= 15 is 0 Å². The van der Waals surface area contributed by atoms with Gasteiger partial charge in [-0.1, -0.05) is 12.1 Å². The Kier molecular flexibility index (Phi) is 2.94. The highest BCUT2D eigenvalue weighted by molar-refractivity contribution is 5.70. The zero-order chi connectivity index (χ0) is 14.1. The Bertz CT molecular complexity index is 742. The number of hydrogen-bond donors (Lipinski definition) is 3. The molecule has 0 saturated heterocycles. The summed E-state index contributed by atoms with van der Waals surface area (Å²) >= 11 is 0. The fourth-order valence-corrected chi connectivity index (χ4v) is 2.33. The lowest BCUT2D eigenvalue weighted by atomic mass is 10.3. The monoisotopic (exact) mass is 270 g/mol. The highest BCUT2D eigenvalue weighted by atomic mass is 15.1. The number of nitrogens with two attached hydrogens (primary N) is 2. The van der Waals surface area contributed by atoms with E-state index in [1.165, 1.54) is 0 Å². The first kappa shape index (κ1) is 12.3. The molecule has 7 heteroatoms. The van der Waals surface area contributed by atoms with E-state index in [1.807, 2.05) is 19.1 Å². The maximum atomic E-state index is 5.57. The first-order valence-electron chi connectivity index (χ1n) is 6.36. The van der Waals surface area contributed by atoms with Gasteiger partial charge in [-0.05, 0) is 12.1 Å². The van der Waals surface area contributed by atoms with Crippen LogP contribution >= 0.6 is 0 Å². The van der Waals surface area contributed by atoms with E-state index in [9.17, 15) is 0 Å². The highest BCUT2D eigenvalue weighted by Gasteiger charge is 2.14. The van der Waals surface area contributed by atoms with E-state index in [1.54, 1.807) is 0 Å². The summed E-state index contributed by atoms with van der Waals surface area (Å²) in [5.74, 6) is 2.01. The van der Waals surface area contributed by atoms with Gasteiger partial charge in [0.25, 0.3) is 5.82 Å². The number of imidazole rings is 1. The Balaban J connectivity index is 1.88. The molecule has 0 bridgehead atoms. The lowest BCUT2D eigenvalue weighted by Crippen LogP contribution is -2.37. The Morgan fingerprint density at radius 2 is 1.80 bits per heavy atom. The average molecular weight is 270 g/mol. The summed E-state index contributed by atoms with van der Waals surface area (Å²) in [5.41, 5.74) is 13.4. The molecule has 0 saturated carbocycles. The molecule has 2 aromatic heterocycles. The van der Waals surface area contributed by atoms with Gasteiger partial charge in [-0.25, -0.2) is 9.55 Å². The van der Waals surface area contributed by atoms with Crippen molar-refractivity contribution in [3.05, 3.63) is 35.9 Å². The average Bonchev–Trinajstić information content (AvgIpc) is 2.71. The first-order valence-corrected chi connectivity index (χ1v) is 6.36. The van der Waals surface area contributed by atoms with E-state index in [0.29, 0.717) is 12.2 Å². The van der Waals surface area contributed by atoms with Crippen LogP contribution in [0.2, 0.25) is 0 Å². The van der Waals surface area contributed by atoms with Gasteiger partial charge in [-0.3, -0.25) is 0 Å². The van der Waals surface area contributed by atoms with Crippen molar-refractivity contribution >= 4 is 22.9 Å². The molecule has 0 aliphatic heterocycles. The standard InChI is InChI=1S/C13H15N7/c1-8-16-9-4-2-3-5-10(9)20(8)7-6-11-17-12(14)19-13(15)18-11/h2-5H,6-7H2,1H3,(H4,14,15,17,18,19)/p+1. The van der Waals surface area contributed by atoms with Crippen LogP contribution in [0, 0.1) is 6.92 Å². The van der Waals surface area contributed by atoms with Crippen molar-refractivity contribution in [2.45, 2.75) is 19.9 Å². The van der Waals surface area contributed by atoms with Gasteiger partial charge in [0, 0.05) is 13.3 Å². The zero-order valence-electron chi connectivity index (χ0n) is 11.2. The third kappa shape index (κ3) is 2.25. The van der Waals surface area contributed by atoms with E-state index in [-0.39, 0.29) is 11.9 Å². The number of H-pyrrole nitrogens is 1. The summed E-state index contributed by atoms with van der Waals surface area (Å²) in [6.45, 7) is 2.79. The van der Waals surface area contributed by atoms with Crippen LogP contribution < -0.4 is 16.0 Å². The van der Waals surface area contributed by atoms with Gasteiger partial charge < -0.3 is 11.5 Å². The fraction of sp³-hybridized carbons (Fsp3) is 0.231. The van der Waals surface area contributed by atoms with Crippen molar-refractivity contribution in [3.63, 3.8) is 0 Å². The van der Waals surface area contributed by atoms with Gasteiger partial charge in [0.05, 0.1) is 6.54 Å². The molecule has 0 aliphatic carbocycles. The third-order valence-corrected chi connectivity index (χ3v) is 3.19. The minimum absolute atomic E-state index is 0.160. The molecule has 0 atom stereocenters. The second-order valence-electron chi connectivity index (χ2n) is 4.60. The molecule has 3 aromatic rings. The SMILES string of the molecule is Cc1[nH]c2ccccc2[n+]1CCc1nc(N)nc(N)n1. The van der Waals surface area contributed by atoms with E-state index < -0.39 is 0 Å². The maximum absolute atomic E-state index is 5.57. The number of hydrogen-bond acceptors (Lipinski definition) is 5. The number of nitrogens with one attached hydrogen (secondary N) is 1. The minimum Gasteiger partial charge on any atom is -0.368 e. The Morgan fingerprint density at radius 1 is 1.10 bits per heavy atom.